The summed E-state index contributed by atoms with van der Waals surface area (Å²) in [6.07, 6.45) is 23.2. The molecule has 0 unspecified atom stereocenters. The second-order valence-electron chi connectivity index (χ2n) is 8.22. The van der Waals surface area contributed by atoms with Crippen molar-refractivity contribution in [1.29, 1.82) is 0 Å². The van der Waals surface area contributed by atoms with E-state index in [1.54, 1.807) is 0 Å². The molecule has 5 heteroatoms. The molecule has 1 aromatic rings. The van der Waals surface area contributed by atoms with Crippen molar-refractivity contribution in [2.45, 2.75) is 116 Å². The molecule has 5 nitrogen and oxygen atoms in total. The average Bonchev–Trinajstić information content (AvgIpc) is 3.19. The Bertz CT molecular complexity index is 502. The maximum Gasteiger partial charge on any atom is 0.273 e. The van der Waals surface area contributed by atoms with E-state index in [2.05, 4.69) is 22.5 Å². The molecule has 0 spiro atoms. The van der Waals surface area contributed by atoms with Crippen LogP contribution in [0.25, 0.3) is 0 Å². The molecule has 0 atom stereocenters. The van der Waals surface area contributed by atoms with Crippen molar-refractivity contribution < 1.29 is 9.21 Å². The number of oxazole rings is 1. The third kappa shape index (κ3) is 14.3. The van der Waals surface area contributed by atoms with E-state index in [0.29, 0.717) is 24.7 Å². The number of amides is 1. The van der Waals surface area contributed by atoms with E-state index in [4.69, 9.17) is 4.42 Å². The lowest BCUT2D eigenvalue weighted by Gasteiger charge is -2.04. The predicted octanol–water partition coefficient (Wildman–Crippen LogP) is 6.39. The molecule has 1 amide bonds. The summed E-state index contributed by atoms with van der Waals surface area (Å²) in [6.45, 7) is 3.53. The Morgan fingerprint density at radius 3 is 1.79 bits per heavy atom. The first-order chi connectivity index (χ1) is 14.3. The van der Waals surface area contributed by atoms with Gasteiger partial charge in [0.05, 0.1) is 6.54 Å². The van der Waals surface area contributed by atoms with Gasteiger partial charge < -0.3 is 15.1 Å². The Kier molecular flexibility index (Phi) is 16.5. The van der Waals surface area contributed by atoms with Gasteiger partial charge in [0.15, 0.2) is 5.69 Å². The maximum atomic E-state index is 12.0. The topological polar surface area (TPSA) is 67.2 Å². The van der Waals surface area contributed by atoms with E-state index in [-0.39, 0.29) is 5.91 Å². The Morgan fingerprint density at radius 1 is 0.828 bits per heavy atom. The zero-order valence-electron chi connectivity index (χ0n) is 19.1. The monoisotopic (exact) mass is 407 g/mol. The van der Waals surface area contributed by atoms with Gasteiger partial charge in [-0.2, -0.15) is 0 Å². The van der Waals surface area contributed by atoms with Crippen molar-refractivity contribution >= 4 is 5.91 Å². The summed E-state index contributed by atoms with van der Waals surface area (Å²) in [5, 5.41) is 5.87. The van der Waals surface area contributed by atoms with Crippen molar-refractivity contribution in [3.8, 4) is 0 Å². The molecule has 0 saturated heterocycles. The molecule has 0 bridgehead atoms. The number of unbranched alkanes of at least 4 members (excludes halogenated alkanes) is 15. The average molecular weight is 408 g/mol. The first-order valence-corrected chi connectivity index (χ1v) is 12.1. The van der Waals surface area contributed by atoms with Crippen LogP contribution in [0.3, 0.4) is 0 Å². The zero-order valence-corrected chi connectivity index (χ0v) is 19.1. The van der Waals surface area contributed by atoms with Crippen LogP contribution in [0, 0.1) is 0 Å². The van der Waals surface area contributed by atoms with Crippen LogP contribution >= 0.6 is 0 Å². The van der Waals surface area contributed by atoms with Gasteiger partial charge in [-0.3, -0.25) is 4.79 Å². The van der Waals surface area contributed by atoms with Gasteiger partial charge in [-0.25, -0.2) is 4.98 Å². The summed E-state index contributed by atoms with van der Waals surface area (Å²) >= 11 is 0. The van der Waals surface area contributed by atoms with Crippen molar-refractivity contribution in [3.63, 3.8) is 0 Å². The van der Waals surface area contributed by atoms with Gasteiger partial charge in [0.2, 0.25) is 5.89 Å². The normalized spacial score (nSPS) is 11.1. The Balaban J connectivity index is 1.80. The lowest BCUT2D eigenvalue weighted by molar-refractivity contribution is 0.0948. The number of carbonyl (C=O) groups is 1. The summed E-state index contributed by atoms with van der Waals surface area (Å²) in [5.74, 6) is 0.400. The maximum absolute atomic E-state index is 12.0. The van der Waals surface area contributed by atoms with Crippen LogP contribution in [0.2, 0.25) is 0 Å². The molecule has 0 aliphatic carbocycles. The fraction of sp³-hybridized carbons (Fsp3) is 0.833. The smallest absolute Gasteiger partial charge is 0.273 e. The fourth-order valence-corrected chi connectivity index (χ4v) is 3.61. The molecule has 1 heterocycles. The van der Waals surface area contributed by atoms with Crippen molar-refractivity contribution in [1.82, 2.24) is 15.6 Å². The van der Waals surface area contributed by atoms with E-state index >= 15 is 0 Å². The number of aromatic nitrogens is 1. The van der Waals surface area contributed by atoms with E-state index in [1.165, 1.54) is 103 Å². The molecule has 0 aliphatic heterocycles. The zero-order chi connectivity index (χ0) is 21.0. The van der Waals surface area contributed by atoms with E-state index < -0.39 is 0 Å². The third-order valence-corrected chi connectivity index (χ3v) is 5.43. The number of hydrogen-bond donors (Lipinski definition) is 2. The molecule has 0 radical (unpaired) electrons. The van der Waals surface area contributed by atoms with E-state index in [9.17, 15) is 4.79 Å². The SMILES string of the molecule is CCCCCCCCCCCCCCCCCCNC(=O)c1coc(CNC)n1. The van der Waals surface area contributed by atoms with Crippen molar-refractivity contribution in [2.24, 2.45) is 0 Å². The number of carbonyl (C=O) groups excluding carboxylic acids is 1. The quantitative estimate of drug-likeness (QED) is 0.246. The van der Waals surface area contributed by atoms with Crippen LogP contribution in [0.5, 0.6) is 0 Å². The summed E-state index contributed by atoms with van der Waals surface area (Å²) in [4.78, 5) is 16.1. The summed E-state index contributed by atoms with van der Waals surface area (Å²) in [5.41, 5.74) is 0.367. The molecule has 29 heavy (non-hydrogen) atoms. The predicted molar refractivity (Wildman–Crippen MR) is 121 cm³/mol. The summed E-state index contributed by atoms with van der Waals surface area (Å²) in [6, 6.07) is 0. The van der Waals surface area contributed by atoms with E-state index in [0.717, 1.165) is 6.42 Å². The minimum absolute atomic E-state index is 0.142. The highest BCUT2D eigenvalue weighted by atomic mass is 16.3. The largest absolute Gasteiger partial charge is 0.447 e. The Hall–Kier alpha value is -1.36. The van der Waals surface area contributed by atoms with Crippen molar-refractivity contribution in [3.05, 3.63) is 17.8 Å². The molecular weight excluding hydrogens is 362 g/mol. The minimum atomic E-state index is -0.142. The number of rotatable bonds is 20. The standard InChI is InChI=1S/C24H45N3O2/c1-3-4-5-6-7-8-9-10-11-12-13-14-15-16-17-18-19-26-24(28)22-21-29-23(27-22)20-25-2/h21,25H,3-20H2,1-2H3,(H,26,28). The molecule has 0 saturated carbocycles. The first-order valence-electron chi connectivity index (χ1n) is 12.1. The van der Waals surface area contributed by atoms with Gasteiger partial charge >= 0.3 is 0 Å². The van der Waals surface area contributed by atoms with Crippen LogP contribution in [0.1, 0.15) is 126 Å². The molecule has 1 aromatic heterocycles. The fourth-order valence-electron chi connectivity index (χ4n) is 3.61. The molecule has 0 aliphatic rings. The van der Waals surface area contributed by atoms with E-state index in [1.807, 2.05) is 7.05 Å². The number of hydrogen-bond acceptors (Lipinski definition) is 4. The molecular formula is C24H45N3O2. The van der Waals surface area contributed by atoms with Crippen LogP contribution in [0.4, 0.5) is 0 Å². The van der Waals surface area contributed by atoms with Crippen LogP contribution in [-0.4, -0.2) is 24.5 Å². The van der Waals surface area contributed by atoms with Gasteiger partial charge in [-0.05, 0) is 13.5 Å². The van der Waals surface area contributed by atoms with Crippen LogP contribution in [0.15, 0.2) is 10.7 Å². The summed E-state index contributed by atoms with van der Waals surface area (Å²) < 4.78 is 5.23. The second-order valence-corrected chi connectivity index (χ2v) is 8.22. The van der Waals surface area contributed by atoms with Crippen molar-refractivity contribution in [2.75, 3.05) is 13.6 Å². The van der Waals surface area contributed by atoms with Gasteiger partial charge in [0.1, 0.15) is 6.26 Å². The third-order valence-electron chi connectivity index (χ3n) is 5.43. The highest BCUT2D eigenvalue weighted by molar-refractivity contribution is 5.91. The van der Waals surface area contributed by atoms with Crippen LogP contribution in [-0.2, 0) is 6.54 Å². The van der Waals surface area contributed by atoms with Gasteiger partial charge in [-0.15, -0.1) is 0 Å². The lowest BCUT2D eigenvalue weighted by Crippen LogP contribution is -2.24. The lowest BCUT2D eigenvalue weighted by atomic mass is 10.0. The number of nitrogens with one attached hydrogen (secondary N) is 2. The highest BCUT2D eigenvalue weighted by Crippen LogP contribution is 2.13. The highest BCUT2D eigenvalue weighted by Gasteiger charge is 2.10. The van der Waals surface area contributed by atoms with Crippen LogP contribution < -0.4 is 10.6 Å². The Labute approximate surface area is 178 Å². The van der Waals surface area contributed by atoms with Gasteiger partial charge in [-0.1, -0.05) is 103 Å². The molecule has 0 fully saturated rings. The minimum Gasteiger partial charge on any atom is -0.447 e. The molecule has 1 rings (SSSR count). The molecule has 168 valence electrons. The van der Waals surface area contributed by atoms with Gasteiger partial charge in [0, 0.05) is 6.54 Å². The molecule has 2 N–H and O–H groups in total. The number of nitrogens with zero attached hydrogens (tertiary/aromatic N) is 1. The van der Waals surface area contributed by atoms with Gasteiger partial charge in [0.25, 0.3) is 5.91 Å². The second kappa shape index (κ2) is 18.7. The molecule has 0 aromatic carbocycles. The Morgan fingerprint density at radius 2 is 1.31 bits per heavy atom. The summed E-state index contributed by atoms with van der Waals surface area (Å²) in [7, 11) is 1.82. The first kappa shape index (κ1) is 25.7.